The Labute approximate surface area is 174 Å². The molecule has 0 bridgehead atoms. The number of benzene rings is 2. The van der Waals surface area contributed by atoms with Gasteiger partial charge in [-0.1, -0.05) is 60.7 Å². The smallest absolute Gasteiger partial charge is 0.329 e. The van der Waals surface area contributed by atoms with Gasteiger partial charge >= 0.3 is 11.9 Å². The van der Waals surface area contributed by atoms with Gasteiger partial charge in [0.05, 0.1) is 13.0 Å². The molecule has 8 heteroatoms. The average molecular weight is 412 g/mol. The highest BCUT2D eigenvalue weighted by molar-refractivity contribution is 5.90. The maximum atomic E-state index is 12.5. The number of ether oxygens (including phenoxy) is 2. The highest BCUT2D eigenvalue weighted by atomic mass is 16.5. The summed E-state index contributed by atoms with van der Waals surface area (Å²) in [6.07, 6.45) is -0.397. The van der Waals surface area contributed by atoms with E-state index in [2.05, 4.69) is 10.6 Å². The van der Waals surface area contributed by atoms with E-state index in [4.69, 9.17) is 9.47 Å². The summed E-state index contributed by atoms with van der Waals surface area (Å²) in [6, 6.07) is 16.8. The molecule has 2 aromatic carbocycles. The zero-order valence-electron chi connectivity index (χ0n) is 16.6. The third kappa shape index (κ3) is 8.55. The molecule has 158 valence electrons. The minimum Gasteiger partial charge on any atom is -0.461 e. The highest BCUT2D eigenvalue weighted by Crippen LogP contribution is 2.07. The van der Waals surface area contributed by atoms with Crippen molar-refractivity contribution in [1.29, 1.82) is 0 Å². The fourth-order valence-corrected chi connectivity index (χ4v) is 2.44. The summed E-state index contributed by atoms with van der Waals surface area (Å²) in [5.41, 5.74) is 1.56. The standard InChI is InChI=1S/C22H24N2O6/c1-16(25)23-13-20(26)24-19(22(28)30-15-18-10-6-3-7-11-18)12-21(27)29-14-17-8-4-2-5-9-17/h2-11,19H,12-15H2,1H3,(H,23,25)(H,24,26)/t19-/m0/s1. The summed E-state index contributed by atoms with van der Waals surface area (Å²) in [4.78, 5) is 47.6. The van der Waals surface area contributed by atoms with E-state index in [0.717, 1.165) is 11.1 Å². The van der Waals surface area contributed by atoms with Gasteiger partial charge < -0.3 is 20.1 Å². The van der Waals surface area contributed by atoms with E-state index in [-0.39, 0.29) is 19.8 Å². The third-order valence-electron chi connectivity index (χ3n) is 3.95. The second-order valence-electron chi connectivity index (χ2n) is 6.47. The largest absolute Gasteiger partial charge is 0.461 e. The van der Waals surface area contributed by atoms with Gasteiger partial charge in [0.2, 0.25) is 11.8 Å². The van der Waals surface area contributed by atoms with Gasteiger partial charge in [-0.25, -0.2) is 4.79 Å². The first-order valence-electron chi connectivity index (χ1n) is 9.38. The van der Waals surface area contributed by atoms with E-state index in [1.54, 1.807) is 36.4 Å². The fourth-order valence-electron chi connectivity index (χ4n) is 2.44. The Morgan fingerprint density at radius 3 is 1.90 bits per heavy atom. The number of hydrogen-bond acceptors (Lipinski definition) is 6. The summed E-state index contributed by atoms with van der Waals surface area (Å²) in [5.74, 6) is -2.45. The maximum Gasteiger partial charge on any atom is 0.329 e. The molecule has 0 saturated carbocycles. The van der Waals surface area contributed by atoms with Gasteiger partial charge in [0, 0.05) is 6.92 Å². The number of amides is 2. The maximum absolute atomic E-state index is 12.5. The average Bonchev–Trinajstić information content (AvgIpc) is 2.75. The molecular weight excluding hydrogens is 388 g/mol. The minimum atomic E-state index is -1.24. The first-order chi connectivity index (χ1) is 14.4. The Morgan fingerprint density at radius 1 is 0.833 bits per heavy atom. The fraction of sp³-hybridized carbons (Fsp3) is 0.273. The van der Waals surface area contributed by atoms with Gasteiger partial charge in [-0.05, 0) is 11.1 Å². The number of esters is 2. The van der Waals surface area contributed by atoms with Crippen LogP contribution in [-0.2, 0) is 41.9 Å². The molecule has 2 aromatic rings. The summed E-state index contributed by atoms with van der Waals surface area (Å²) < 4.78 is 10.4. The Kier molecular flexibility index (Phi) is 9.05. The van der Waals surface area contributed by atoms with E-state index in [9.17, 15) is 19.2 Å². The Bertz CT molecular complexity index is 854. The molecule has 0 saturated heterocycles. The van der Waals surface area contributed by atoms with Crippen molar-refractivity contribution < 1.29 is 28.7 Å². The molecule has 0 spiro atoms. The van der Waals surface area contributed by atoms with E-state index in [1.807, 2.05) is 24.3 Å². The molecule has 30 heavy (non-hydrogen) atoms. The van der Waals surface area contributed by atoms with Crippen LogP contribution in [0.1, 0.15) is 24.5 Å². The van der Waals surface area contributed by atoms with Crippen LogP contribution in [0.15, 0.2) is 60.7 Å². The van der Waals surface area contributed by atoms with Crippen molar-refractivity contribution in [3.8, 4) is 0 Å². The first kappa shape index (κ1) is 22.6. The van der Waals surface area contributed by atoms with Gasteiger partial charge in [0.25, 0.3) is 0 Å². The van der Waals surface area contributed by atoms with Gasteiger partial charge in [-0.15, -0.1) is 0 Å². The molecule has 0 radical (unpaired) electrons. The van der Waals surface area contributed by atoms with E-state index in [1.165, 1.54) is 6.92 Å². The van der Waals surface area contributed by atoms with Crippen molar-refractivity contribution in [2.75, 3.05) is 6.54 Å². The van der Waals surface area contributed by atoms with Gasteiger partial charge in [0.1, 0.15) is 19.3 Å². The molecule has 2 rings (SSSR count). The zero-order valence-corrected chi connectivity index (χ0v) is 16.6. The summed E-state index contributed by atoms with van der Waals surface area (Å²) in [7, 11) is 0. The normalized spacial score (nSPS) is 11.1. The first-order valence-corrected chi connectivity index (χ1v) is 9.38. The molecule has 0 aromatic heterocycles. The molecule has 1 atom stereocenters. The van der Waals surface area contributed by atoms with Crippen LogP contribution in [-0.4, -0.2) is 36.3 Å². The number of carbonyl (C=O) groups excluding carboxylic acids is 4. The van der Waals surface area contributed by atoms with Crippen molar-refractivity contribution in [2.24, 2.45) is 0 Å². The molecule has 2 amide bonds. The topological polar surface area (TPSA) is 111 Å². The molecule has 0 aliphatic carbocycles. The van der Waals surface area contributed by atoms with Crippen molar-refractivity contribution in [1.82, 2.24) is 10.6 Å². The third-order valence-corrected chi connectivity index (χ3v) is 3.95. The molecule has 8 nitrogen and oxygen atoms in total. The second kappa shape index (κ2) is 12.0. The van der Waals surface area contributed by atoms with Crippen molar-refractivity contribution in [3.63, 3.8) is 0 Å². The summed E-state index contributed by atoms with van der Waals surface area (Å²) in [5, 5.41) is 4.74. The van der Waals surface area contributed by atoms with Gasteiger partial charge in [-0.2, -0.15) is 0 Å². The molecule has 0 aliphatic rings. The monoisotopic (exact) mass is 412 g/mol. The lowest BCUT2D eigenvalue weighted by Gasteiger charge is -2.17. The number of carbonyl (C=O) groups is 4. The van der Waals surface area contributed by atoms with Crippen LogP contribution in [0, 0.1) is 0 Å². The second-order valence-corrected chi connectivity index (χ2v) is 6.47. The molecule has 0 aliphatic heterocycles. The number of hydrogen-bond donors (Lipinski definition) is 2. The van der Waals surface area contributed by atoms with Crippen LogP contribution >= 0.6 is 0 Å². The highest BCUT2D eigenvalue weighted by Gasteiger charge is 2.26. The van der Waals surface area contributed by atoms with Crippen LogP contribution in [0.4, 0.5) is 0 Å². The molecular formula is C22H24N2O6. The lowest BCUT2D eigenvalue weighted by Crippen LogP contribution is -2.47. The lowest BCUT2D eigenvalue weighted by atomic mass is 10.2. The molecule has 0 unspecified atom stereocenters. The SMILES string of the molecule is CC(=O)NCC(=O)N[C@@H](CC(=O)OCc1ccccc1)C(=O)OCc1ccccc1. The van der Waals surface area contributed by atoms with Crippen molar-refractivity contribution in [2.45, 2.75) is 32.6 Å². The van der Waals surface area contributed by atoms with E-state index < -0.39 is 36.2 Å². The summed E-state index contributed by atoms with van der Waals surface area (Å²) in [6.45, 7) is 0.985. The van der Waals surface area contributed by atoms with Gasteiger partial charge in [-0.3, -0.25) is 14.4 Å². The predicted octanol–water partition coefficient (Wildman–Crippen LogP) is 1.48. The van der Waals surface area contributed by atoms with Crippen LogP contribution in [0.5, 0.6) is 0 Å². The van der Waals surface area contributed by atoms with Gasteiger partial charge in [0.15, 0.2) is 0 Å². The van der Waals surface area contributed by atoms with Crippen molar-refractivity contribution in [3.05, 3.63) is 71.8 Å². The van der Waals surface area contributed by atoms with Crippen LogP contribution < -0.4 is 10.6 Å². The molecule has 0 fully saturated rings. The summed E-state index contributed by atoms with van der Waals surface area (Å²) >= 11 is 0. The Balaban J connectivity index is 1.94. The predicted molar refractivity (Wildman–Crippen MR) is 108 cm³/mol. The van der Waals surface area contributed by atoms with Crippen LogP contribution in [0.2, 0.25) is 0 Å². The Hall–Kier alpha value is -3.68. The molecule has 0 heterocycles. The van der Waals surface area contributed by atoms with Crippen LogP contribution in [0.25, 0.3) is 0 Å². The number of rotatable bonds is 10. The molecule has 2 N–H and O–H groups in total. The van der Waals surface area contributed by atoms with E-state index >= 15 is 0 Å². The van der Waals surface area contributed by atoms with E-state index in [0.29, 0.717) is 0 Å². The van der Waals surface area contributed by atoms with Crippen molar-refractivity contribution >= 4 is 23.8 Å². The minimum absolute atomic E-state index is 0.00317. The zero-order chi connectivity index (χ0) is 21.8. The van der Waals surface area contributed by atoms with Crippen LogP contribution in [0.3, 0.4) is 0 Å². The number of nitrogens with one attached hydrogen (secondary N) is 2. The Morgan fingerprint density at radius 2 is 1.37 bits per heavy atom. The lowest BCUT2D eigenvalue weighted by molar-refractivity contribution is -0.155. The quantitative estimate of drug-likeness (QED) is 0.572.